The van der Waals surface area contributed by atoms with Crippen LogP contribution in [0, 0.1) is 0 Å². The number of phenols is 1. The number of aromatic nitrogens is 1. The van der Waals surface area contributed by atoms with E-state index in [9.17, 15) is 9.90 Å². The summed E-state index contributed by atoms with van der Waals surface area (Å²) < 4.78 is 13.0. The minimum Gasteiger partial charge on any atom is -0.508 e. The summed E-state index contributed by atoms with van der Waals surface area (Å²) >= 11 is 0. The van der Waals surface area contributed by atoms with Crippen molar-refractivity contribution in [3.8, 4) is 17.2 Å². The van der Waals surface area contributed by atoms with Crippen LogP contribution in [0.1, 0.15) is 65.3 Å². The van der Waals surface area contributed by atoms with Gasteiger partial charge in [-0.25, -0.2) is 0 Å². The normalized spacial score (nSPS) is 11.3. The van der Waals surface area contributed by atoms with Gasteiger partial charge in [-0.05, 0) is 32.4 Å². The number of ether oxygens (including phenoxy) is 2. The second-order valence-corrected chi connectivity index (χ2v) is 6.95. The maximum atomic E-state index is 13.0. The lowest BCUT2D eigenvalue weighted by Gasteiger charge is -2.19. The van der Waals surface area contributed by atoms with E-state index in [0.29, 0.717) is 17.9 Å². The first-order valence-electron chi connectivity index (χ1n) is 9.59. The van der Waals surface area contributed by atoms with Crippen LogP contribution >= 0.6 is 0 Å². The van der Waals surface area contributed by atoms with Crippen molar-refractivity contribution in [1.29, 1.82) is 0 Å². The van der Waals surface area contributed by atoms with E-state index in [1.54, 1.807) is 29.9 Å². The Hall–Kier alpha value is -2.17. The number of methoxy groups -OCH3 is 1. The van der Waals surface area contributed by atoms with Gasteiger partial charge in [-0.3, -0.25) is 4.79 Å². The van der Waals surface area contributed by atoms with Crippen molar-refractivity contribution in [2.75, 3.05) is 13.7 Å². The van der Waals surface area contributed by atoms with Crippen molar-refractivity contribution in [3.05, 3.63) is 28.6 Å². The molecule has 0 aliphatic heterocycles. The van der Waals surface area contributed by atoms with Gasteiger partial charge in [0.25, 0.3) is 5.56 Å². The fourth-order valence-corrected chi connectivity index (χ4v) is 3.25. The van der Waals surface area contributed by atoms with Crippen LogP contribution in [0.5, 0.6) is 17.2 Å². The van der Waals surface area contributed by atoms with E-state index in [0.717, 1.165) is 18.2 Å². The number of nitrogens with zero attached hydrogens (tertiary/aromatic N) is 1. The van der Waals surface area contributed by atoms with Crippen molar-refractivity contribution in [3.63, 3.8) is 0 Å². The number of benzene rings is 1. The molecule has 0 saturated heterocycles. The van der Waals surface area contributed by atoms with E-state index >= 15 is 0 Å². The molecule has 1 N–H and O–H groups in total. The number of unbranched alkanes of at least 4 members (excludes halogenated alkanes) is 5. The van der Waals surface area contributed by atoms with Crippen LogP contribution in [0.4, 0.5) is 0 Å². The monoisotopic (exact) mass is 361 g/mol. The van der Waals surface area contributed by atoms with Crippen LogP contribution in [0.3, 0.4) is 0 Å². The summed E-state index contributed by atoms with van der Waals surface area (Å²) in [5.74, 6) is 0.815. The lowest BCUT2D eigenvalue weighted by molar-refractivity contribution is 0.279. The van der Waals surface area contributed by atoms with Gasteiger partial charge in [-0.15, -0.1) is 0 Å². The zero-order chi connectivity index (χ0) is 19.1. The maximum Gasteiger partial charge on any atom is 0.297 e. The molecule has 0 unspecified atom stereocenters. The van der Waals surface area contributed by atoms with Gasteiger partial charge >= 0.3 is 0 Å². The van der Waals surface area contributed by atoms with Gasteiger partial charge in [-0.2, -0.15) is 0 Å². The molecule has 144 valence electrons. The fraction of sp³-hybridized carbons (Fsp3) is 0.571. The highest BCUT2D eigenvalue weighted by atomic mass is 16.5. The van der Waals surface area contributed by atoms with Crippen molar-refractivity contribution in [1.82, 2.24) is 4.57 Å². The van der Waals surface area contributed by atoms with Gasteiger partial charge in [-0.1, -0.05) is 39.0 Å². The molecule has 0 aliphatic carbocycles. The van der Waals surface area contributed by atoms with Crippen LogP contribution < -0.4 is 15.0 Å². The summed E-state index contributed by atoms with van der Waals surface area (Å²) in [5, 5.41) is 10.6. The predicted molar refractivity (Wildman–Crippen MR) is 106 cm³/mol. The molecule has 5 nitrogen and oxygen atoms in total. The maximum absolute atomic E-state index is 13.0. The molecule has 0 atom stereocenters. The number of pyridine rings is 1. The smallest absolute Gasteiger partial charge is 0.297 e. The van der Waals surface area contributed by atoms with Gasteiger partial charge in [0.05, 0.1) is 19.2 Å². The number of aromatic hydroxyl groups is 1. The van der Waals surface area contributed by atoms with Crippen molar-refractivity contribution in [2.45, 2.75) is 65.3 Å². The molecule has 0 bridgehead atoms. The predicted octanol–water partition coefficient (Wildman–Crippen LogP) is 5.04. The average molecular weight is 361 g/mol. The Morgan fingerprint density at radius 2 is 1.77 bits per heavy atom. The second kappa shape index (κ2) is 9.51. The highest BCUT2D eigenvalue weighted by molar-refractivity contribution is 5.89. The number of hydrogen-bond acceptors (Lipinski definition) is 4. The number of rotatable bonds is 10. The molecule has 1 heterocycles. The first-order chi connectivity index (χ1) is 12.5. The van der Waals surface area contributed by atoms with Crippen LogP contribution in [0.2, 0.25) is 0 Å². The minimum atomic E-state index is -0.221. The van der Waals surface area contributed by atoms with Crippen molar-refractivity contribution < 1.29 is 14.6 Å². The lowest BCUT2D eigenvalue weighted by atomic mass is 10.1. The standard InChI is InChI=1S/C21H31NO4/c1-5-6-7-8-9-10-13-26-20-19(25-4)17-12-11-16(23)14-18(17)22(15(2)3)21(20)24/h11-12,14-15,23H,5-10,13H2,1-4H3. The topological polar surface area (TPSA) is 60.7 Å². The van der Waals surface area contributed by atoms with E-state index < -0.39 is 0 Å². The molecule has 1 aromatic heterocycles. The molecule has 0 saturated carbocycles. The molecule has 2 rings (SSSR count). The third-order valence-electron chi connectivity index (χ3n) is 4.57. The molecule has 2 aromatic rings. The zero-order valence-corrected chi connectivity index (χ0v) is 16.4. The quantitative estimate of drug-likeness (QED) is 0.603. The average Bonchev–Trinajstić information content (AvgIpc) is 2.60. The van der Waals surface area contributed by atoms with Crippen LogP contribution in [0.25, 0.3) is 10.9 Å². The molecule has 1 aromatic carbocycles. The minimum absolute atomic E-state index is 0.0610. The fourth-order valence-electron chi connectivity index (χ4n) is 3.25. The SMILES string of the molecule is CCCCCCCCOc1c(OC)c2ccc(O)cc2n(C(C)C)c1=O. The molecule has 0 aliphatic rings. The lowest BCUT2D eigenvalue weighted by Crippen LogP contribution is -2.25. The Kier molecular flexibility index (Phi) is 7.37. The summed E-state index contributed by atoms with van der Waals surface area (Å²) in [6.45, 7) is 6.58. The largest absolute Gasteiger partial charge is 0.508 e. The summed E-state index contributed by atoms with van der Waals surface area (Å²) in [4.78, 5) is 13.0. The van der Waals surface area contributed by atoms with Crippen LogP contribution in [-0.2, 0) is 0 Å². The van der Waals surface area contributed by atoms with Gasteiger partial charge < -0.3 is 19.1 Å². The number of phenolic OH excluding ortho intramolecular Hbond substituents is 1. The van der Waals surface area contributed by atoms with Gasteiger partial charge in [0.15, 0.2) is 5.75 Å². The van der Waals surface area contributed by atoms with Crippen molar-refractivity contribution >= 4 is 10.9 Å². The number of fused-ring (bicyclic) bond motifs is 1. The molecule has 0 fully saturated rings. The molecule has 5 heteroatoms. The highest BCUT2D eigenvalue weighted by Crippen LogP contribution is 2.35. The van der Waals surface area contributed by atoms with Crippen molar-refractivity contribution in [2.24, 2.45) is 0 Å². The highest BCUT2D eigenvalue weighted by Gasteiger charge is 2.20. The van der Waals surface area contributed by atoms with E-state index in [4.69, 9.17) is 9.47 Å². The molecule has 0 amide bonds. The van der Waals surface area contributed by atoms with E-state index in [-0.39, 0.29) is 23.1 Å². The Bertz CT molecular complexity index is 780. The Balaban J connectivity index is 2.29. The Labute approximate surface area is 155 Å². The van der Waals surface area contributed by atoms with Crippen LogP contribution in [0.15, 0.2) is 23.0 Å². The first kappa shape index (κ1) is 20.1. The molecular formula is C21H31NO4. The second-order valence-electron chi connectivity index (χ2n) is 6.95. The summed E-state index contributed by atoms with van der Waals surface area (Å²) in [7, 11) is 1.54. The summed E-state index contributed by atoms with van der Waals surface area (Å²) in [5.41, 5.74) is 0.426. The summed E-state index contributed by atoms with van der Waals surface area (Å²) in [6.07, 6.45) is 6.96. The Morgan fingerprint density at radius 3 is 2.42 bits per heavy atom. The molecule has 26 heavy (non-hydrogen) atoms. The van der Waals surface area contributed by atoms with Gasteiger partial charge in [0.2, 0.25) is 5.75 Å². The van der Waals surface area contributed by atoms with Gasteiger partial charge in [0.1, 0.15) is 5.75 Å². The Morgan fingerprint density at radius 1 is 1.08 bits per heavy atom. The van der Waals surface area contributed by atoms with E-state index in [1.165, 1.54) is 25.7 Å². The molecule has 0 spiro atoms. The van der Waals surface area contributed by atoms with E-state index in [2.05, 4.69) is 6.92 Å². The summed E-state index contributed by atoms with van der Waals surface area (Å²) in [6, 6.07) is 4.89. The third-order valence-corrected chi connectivity index (χ3v) is 4.57. The van der Waals surface area contributed by atoms with E-state index in [1.807, 2.05) is 13.8 Å². The third kappa shape index (κ3) is 4.51. The molecule has 0 radical (unpaired) electrons. The number of hydrogen-bond donors (Lipinski definition) is 1. The zero-order valence-electron chi connectivity index (χ0n) is 16.4. The first-order valence-corrected chi connectivity index (χ1v) is 9.59. The van der Waals surface area contributed by atoms with Crippen LogP contribution in [-0.4, -0.2) is 23.4 Å². The van der Waals surface area contributed by atoms with Gasteiger partial charge in [0, 0.05) is 17.5 Å². The molecular weight excluding hydrogens is 330 g/mol.